The number of benzene rings is 2. The molecule has 2 aromatic carbocycles. The molecule has 1 aliphatic rings. The third-order valence-corrected chi connectivity index (χ3v) is 4.49. The Kier molecular flexibility index (Phi) is 3.18. The number of nitrogens with zero attached hydrogens (tertiary/aromatic N) is 2. The van der Waals surface area contributed by atoms with Crippen LogP contribution in [0.3, 0.4) is 0 Å². The molecule has 21 heavy (non-hydrogen) atoms. The van der Waals surface area contributed by atoms with E-state index in [2.05, 4.69) is 76.4 Å². The van der Waals surface area contributed by atoms with Crippen LogP contribution in [-0.2, 0) is 6.42 Å². The summed E-state index contributed by atoms with van der Waals surface area (Å²) in [6.07, 6.45) is 1.03. The van der Waals surface area contributed by atoms with Crippen molar-refractivity contribution in [2.45, 2.75) is 6.42 Å². The van der Waals surface area contributed by atoms with Crippen molar-refractivity contribution in [3.63, 3.8) is 0 Å². The topological polar surface area (TPSA) is 29.9 Å². The van der Waals surface area contributed by atoms with Crippen molar-refractivity contribution in [2.75, 3.05) is 11.9 Å². The number of halogens is 1. The first-order valence-electron chi connectivity index (χ1n) is 7.00. The maximum absolute atomic E-state index is 4.85. The highest BCUT2D eigenvalue weighted by molar-refractivity contribution is 14.1. The van der Waals surface area contributed by atoms with Gasteiger partial charge in [0.25, 0.3) is 0 Å². The summed E-state index contributed by atoms with van der Waals surface area (Å²) in [5.41, 5.74) is 4.69. The van der Waals surface area contributed by atoms with Gasteiger partial charge in [0.05, 0.1) is 11.4 Å². The molecule has 3 aromatic rings. The molecule has 0 bridgehead atoms. The molecule has 1 aliphatic heterocycles. The lowest BCUT2D eigenvalue weighted by atomic mass is 10.1. The highest BCUT2D eigenvalue weighted by atomic mass is 127. The zero-order valence-corrected chi connectivity index (χ0v) is 13.5. The zero-order valence-electron chi connectivity index (χ0n) is 11.4. The highest BCUT2D eigenvalue weighted by Crippen LogP contribution is 2.34. The van der Waals surface area contributed by atoms with Crippen LogP contribution >= 0.6 is 22.6 Å². The number of nitrogens with one attached hydrogen (secondary N) is 1. The molecular formula is C17H14IN3. The summed E-state index contributed by atoms with van der Waals surface area (Å²) in [4.78, 5) is 0. The van der Waals surface area contributed by atoms with Crippen molar-refractivity contribution in [3.05, 3.63) is 63.7 Å². The van der Waals surface area contributed by atoms with Gasteiger partial charge in [-0.05, 0) is 53.3 Å². The van der Waals surface area contributed by atoms with Crippen LogP contribution < -0.4 is 5.32 Å². The lowest BCUT2D eigenvalue weighted by molar-refractivity contribution is 0.882. The average Bonchev–Trinajstić information content (AvgIpc) is 3.11. The molecule has 0 unspecified atom stereocenters. The van der Waals surface area contributed by atoms with Gasteiger partial charge in [0.2, 0.25) is 0 Å². The number of rotatable bonds is 2. The fourth-order valence-electron chi connectivity index (χ4n) is 2.77. The van der Waals surface area contributed by atoms with E-state index in [9.17, 15) is 0 Å². The largest absolute Gasteiger partial charge is 0.369 e. The number of aromatic nitrogens is 2. The lowest BCUT2D eigenvalue weighted by Crippen LogP contribution is -2.04. The second-order valence-electron chi connectivity index (χ2n) is 5.11. The van der Waals surface area contributed by atoms with E-state index in [4.69, 9.17) is 5.10 Å². The third kappa shape index (κ3) is 2.23. The van der Waals surface area contributed by atoms with Gasteiger partial charge in [0.1, 0.15) is 5.82 Å². The van der Waals surface area contributed by atoms with Crippen LogP contribution in [0.1, 0.15) is 5.56 Å². The van der Waals surface area contributed by atoms with Gasteiger partial charge < -0.3 is 5.32 Å². The van der Waals surface area contributed by atoms with Crippen LogP contribution in [-0.4, -0.2) is 16.3 Å². The van der Waals surface area contributed by atoms with E-state index in [1.165, 1.54) is 14.7 Å². The van der Waals surface area contributed by atoms with Crippen LogP contribution in [0.15, 0.2) is 54.6 Å². The average molecular weight is 387 g/mol. The van der Waals surface area contributed by atoms with Gasteiger partial charge >= 0.3 is 0 Å². The van der Waals surface area contributed by atoms with Gasteiger partial charge in [0.15, 0.2) is 0 Å². The first-order valence-corrected chi connectivity index (χ1v) is 8.08. The van der Waals surface area contributed by atoms with Crippen LogP contribution in [0.5, 0.6) is 0 Å². The van der Waals surface area contributed by atoms with Crippen molar-refractivity contribution < 1.29 is 0 Å². The number of hydrogen-bond donors (Lipinski definition) is 1. The lowest BCUT2D eigenvalue weighted by Gasteiger charge is -2.06. The van der Waals surface area contributed by atoms with Gasteiger partial charge in [-0.15, -0.1) is 0 Å². The normalized spacial score (nSPS) is 13.0. The predicted molar refractivity (Wildman–Crippen MR) is 93.9 cm³/mol. The number of hydrogen-bond acceptors (Lipinski definition) is 2. The van der Waals surface area contributed by atoms with Gasteiger partial charge in [-0.2, -0.15) is 5.10 Å². The Morgan fingerprint density at radius 3 is 2.52 bits per heavy atom. The maximum atomic E-state index is 4.85. The molecular weight excluding hydrogens is 373 g/mol. The highest BCUT2D eigenvalue weighted by Gasteiger charge is 2.23. The Labute approximate surface area is 137 Å². The standard InChI is InChI=1S/C17H14IN3/c18-13-6-8-14(9-7-13)21-17-15(10-11-19-17)16(20-21)12-4-2-1-3-5-12/h1-9,19H,10-11H2. The molecule has 0 amide bonds. The second-order valence-corrected chi connectivity index (χ2v) is 6.35. The van der Waals surface area contributed by atoms with Gasteiger partial charge in [-0.1, -0.05) is 30.3 Å². The molecule has 4 rings (SSSR count). The fourth-order valence-corrected chi connectivity index (χ4v) is 3.13. The minimum atomic E-state index is 0.984. The van der Waals surface area contributed by atoms with E-state index < -0.39 is 0 Å². The molecule has 0 fully saturated rings. The Bertz CT molecular complexity index is 776. The van der Waals surface area contributed by atoms with E-state index in [0.29, 0.717) is 0 Å². The van der Waals surface area contributed by atoms with Crippen LogP contribution in [0.2, 0.25) is 0 Å². The van der Waals surface area contributed by atoms with Gasteiger partial charge in [-0.3, -0.25) is 0 Å². The summed E-state index contributed by atoms with van der Waals surface area (Å²) in [7, 11) is 0. The van der Waals surface area contributed by atoms with Crippen molar-refractivity contribution in [1.82, 2.24) is 9.78 Å². The monoisotopic (exact) mass is 387 g/mol. The first kappa shape index (κ1) is 12.9. The molecule has 0 aliphatic carbocycles. The minimum absolute atomic E-state index is 0.984. The molecule has 0 spiro atoms. The van der Waals surface area contributed by atoms with Gasteiger partial charge in [0, 0.05) is 21.2 Å². The van der Waals surface area contributed by atoms with Crippen molar-refractivity contribution >= 4 is 28.4 Å². The molecule has 0 saturated carbocycles. The molecule has 0 radical (unpaired) electrons. The van der Waals surface area contributed by atoms with Crippen molar-refractivity contribution in [2.24, 2.45) is 0 Å². The van der Waals surface area contributed by atoms with Crippen molar-refractivity contribution in [1.29, 1.82) is 0 Å². The third-order valence-electron chi connectivity index (χ3n) is 3.77. The Morgan fingerprint density at radius 1 is 1.00 bits per heavy atom. The molecule has 4 heteroatoms. The summed E-state index contributed by atoms with van der Waals surface area (Å²) in [6, 6.07) is 18.9. The molecule has 0 atom stereocenters. The summed E-state index contributed by atoms with van der Waals surface area (Å²) < 4.78 is 3.26. The second kappa shape index (κ2) is 5.18. The first-order chi connectivity index (χ1) is 10.3. The smallest absolute Gasteiger partial charge is 0.133 e. The van der Waals surface area contributed by atoms with E-state index in [1.807, 2.05) is 10.7 Å². The maximum Gasteiger partial charge on any atom is 0.133 e. The Hall–Kier alpha value is -1.82. The van der Waals surface area contributed by atoms with E-state index in [0.717, 1.165) is 30.2 Å². The number of anilines is 1. The van der Waals surface area contributed by atoms with E-state index >= 15 is 0 Å². The van der Waals surface area contributed by atoms with Gasteiger partial charge in [-0.25, -0.2) is 4.68 Å². The summed E-state index contributed by atoms with van der Waals surface area (Å²) in [5.74, 6) is 1.13. The summed E-state index contributed by atoms with van der Waals surface area (Å²) in [6.45, 7) is 0.984. The zero-order chi connectivity index (χ0) is 14.2. The van der Waals surface area contributed by atoms with E-state index in [1.54, 1.807) is 0 Å². The SMILES string of the molecule is Ic1ccc(-n2nc(-c3ccccc3)c3c2NCC3)cc1. The van der Waals surface area contributed by atoms with Crippen LogP contribution in [0.25, 0.3) is 16.9 Å². The Morgan fingerprint density at radius 2 is 1.76 bits per heavy atom. The molecule has 0 saturated heterocycles. The van der Waals surface area contributed by atoms with Crippen LogP contribution in [0.4, 0.5) is 5.82 Å². The molecule has 1 N–H and O–H groups in total. The summed E-state index contributed by atoms with van der Waals surface area (Å²) >= 11 is 2.32. The molecule has 104 valence electrons. The minimum Gasteiger partial charge on any atom is -0.369 e. The molecule has 3 nitrogen and oxygen atoms in total. The predicted octanol–water partition coefficient (Wildman–Crippen LogP) is 4.11. The molecule has 2 heterocycles. The fraction of sp³-hybridized carbons (Fsp3) is 0.118. The van der Waals surface area contributed by atoms with Crippen LogP contribution in [0, 0.1) is 3.57 Å². The van der Waals surface area contributed by atoms with E-state index in [-0.39, 0.29) is 0 Å². The van der Waals surface area contributed by atoms with Crippen molar-refractivity contribution in [3.8, 4) is 16.9 Å². The summed E-state index contributed by atoms with van der Waals surface area (Å²) in [5, 5.41) is 8.32. The molecule has 1 aromatic heterocycles. The Balaban J connectivity index is 1.88. The number of fused-ring (bicyclic) bond motifs is 1. The quantitative estimate of drug-likeness (QED) is 0.671.